The van der Waals surface area contributed by atoms with Crippen LogP contribution in [0.15, 0.2) is 77.3 Å². The van der Waals surface area contributed by atoms with E-state index in [2.05, 4.69) is 26.6 Å². The molecular formula is C26H23BrClN3O4. The average molecular weight is 557 g/mol. The third kappa shape index (κ3) is 6.61. The molecule has 0 radical (unpaired) electrons. The van der Waals surface area contributed by atoms with Gasteiger partial charge in [0.2, 0.25) is 11.8 Å². The van der Waals surface area contributed by atoms with Crippen LogP contribution in [-0.2, 0) is 20.9 Å². The quantitative estimate of drug-likeness (QED) is 0.418. The Bertz CT molecular complexity index is 1220. The van der Waals surface area contributed by atoms with Gasteiger partial charge in [0.25, 0.3) is 5.91 Å². The minimum Gasteiger partial charge on any atom is -0.484 e. The van der Waals surface area contributed by atoms with E-state index in [0.717, 1.165) is 10.0 Å². The van der Waals surface area contributed by atoms with Crippen LogP contribution in [0, 0.1) is 5.92 Å². The van der Waals surface area contributed by atoms with Crippen LogP contribution in [0.25, 0.3) is 0 Å². The molecule has 4 rings (SSSR count). The maximum Gasteiger partial charge on any atom is 0.262 e. The lowest BCUT2D eigenvalue weighted by molar-refractivity contribution is -0.126. The second-order valence-electron chi connectivity index (χ2n) is 8.06. The topological polar surface area (TPSA) is 87.7 Å². The van der Waals surface area contributed by atoms with E-state index in [9.17, 15) is 14.4 Å². The number of nitrogens with one attached hydrogen (secondary N) is 2. The molecule has 1 heterocycles. The van der Waals surface area contributed by atoms with E-state index in [4.69, 9.17) is 16.3 Å². The summed E-state index contributed by atoms with van der Waals surface area (Å²) in [5.41, 5.74) is 2.17. The molecule has 0 spiro atoms. The number of amides is 3. The first-order valence-electron chi connectivity index (χ1n) is 11.0. The van der Waals surface area contributed by atoms with Gasteiger partial charge in [0.05, 0.1) is 16.6 Å². The first kappa shape index (κ1) is 24.8. The summed E-state index contributed by atoms with van der Waals surface area (Å²) in [4.78, 5) is 38.9. The fourth-order valence-electron chi connectivity index (χ4n) is 3.71. The molecule has 0 aliphatic carbocycles. The number of halogens is 2. The molecule has 1 aliphatic heterocycles. The highest BCUT2D eigenvalue weighted by molar-refractivity contribution is 9.10. The number of hydrogen-bond acceptors (Lipinski definition) is 4. The minimum absolute atomic E-state index is 0.107. The van der Waals surface area contributed by atoms with Crippen LogP contribution in [0.1, 0.15) is 12.0 Å². The molecule has 2 N–H and O–H groups in total. The lowest BCUT2D eigenvalue weighted by atomic mass is 10.1. The second kappa shape index (κ2) is 11.4. The van der Waals surface area contributed by atoms with Gasteiger partial charge in [0, 0.05) is 29.7 Å². The van der Waals surface area contributed by atoms with Crippen molar-refractivity contribution in [3.8, 4) is 5.75 Å². The summed E-state index contributed by atoms with van der Waals surface area (Å²) >= 11 is 9.43. The molecule has 3 aromatic carbocycles. The largest absolute Gasteiger partial charge is 0.484 e. The standard InChI is InChI=1S/C26H23BrClN3O4/c27-19-6-11-23(22(28)13-19)30-24(32)16-35-21-9-7-20(8-10-21)31-15-18(12-25(31)33)26(34)29-14-17-4-2-1-3-5-17/h1-11,13,18H,12,14-16H2,(H,29,34)(H,30,32)/t18-/m0/s1. The number of rotatable bonds is 8. The van der Waals surface area contributed by atoms with Crippen molar-refractivity contribution in [2.45, 2.75) is 13.0 Å². The van der Waals surface area contributed by atoms with Crippen molar-refractivity contribution in [2.24, 2.45) is 5.92 Å². The summed E-state index contributed by atoms with van der Waals surface area (Å²) < 4.78 is 6.36. The van der Waals surface area contributed by atoms with Crippen LogP contribution in [0.5, 0.6) is 5.75 Å². The molecule has 1 atom stereocenters. The Balaban J connectivity index is 1.27. The molecule has 0 bridgehead atoms. The zero-order valence-electron chi connectivity index (χ0n) is 18.7. The van der Waals surface area contributed by atoms with E-state index in [1.807, 2.05) is 30.3 Å². The van der Waals surface area contributed by atoms with Crippen molar-refractivity contribution < 1.29 is 19.1 Å². The normalized spacial score (nSPS) is 15.1. The zero-order valence-corrected chi connectivity index (χ0v) is 21.0. The van der Waals surface area contributed by atoms with Crippen molar-refractivity contribution in [3.63, 3.8) is 0 Å². The molecule has 1 aliphatic rings. The van der Waals surface area contributed by atoms with Gasteiger partial charge in [-0.1, -0.05) is 57.9 Å². The third-order valence-corrected chi connectivity index (χ3v) is 6.33. The number of benzene rings is 3. The molecule has 0 unspecified atom stereocenters. The van der Waals surface area contributed by atoms with Crippen LogP contribution in [0.4, 0.5) is 11.4 Å². The molecule has 180 valence electrons. The van der Waals surface area contributed by atoms with Gasteiger partial charge in [0.15, 0.2) is 6.61 Å². The van der Waals surface area contributed by atoms with Crippen LogP contribution in [0.2, 0.25) is 5.02 Å². The number of hydrogen-bond donors (Lipinski definition) is 2. The average Bonchev–Trinajstić information content (AvgIpc) is 3.25. The molecule has 35 heavy (non-hydrogen) atoms. The van der Waals surface area contributed by atoms with Gasteiger partial charge in [0.1, 0.15) is 5.75 Å². The van der Waals surface area contributed by atoms with Crippen LogP contribution in [-0.4, -0.2) is 30.9 Å². The Morgan fingerprint density at radius 1 is 1.06 bits per heavy atom. The molecule has 1 saturated heterocycles. The molecule has 3 amide bonds. The molecule has 0 saturated carbocycles. The smallest absolute Gasteiger partial charge is 0.262 e. The van der Waals surface area contributed by atoms with Gasteiger partial charge in [-0.25, -0.2) is 0 Å². The van der Waals surface area contributed by atoms with Crippen LogP contribution in [0.3, 0.4) is 0 Å². The molecule has 3 aromatic rings. The third-order valence-electron chi connectivity index (χ3n) is 5.53. The fourth-order valence-corrected chi connectivity index (χ4v) is 4.43. The zero-order chi connectivity index (χ0) is 24.8. The van der Waals surface area contributed by atoms with Crippen molar-refractivity contribution in [1.29, 1.82) is 0 Å². The van der Waals surface area contributed by atoms with Crippen molar-refractivity contribution in [1.82, 2.24) is 5.32 Å². The highest BCUT2D eigenvalue weighted by Gasteiger charge is 2.35. The summed E-state index contributed by atoms with van der Waals surface area (Å²) in [5, 5.41) is 6.02. The number of ether oxygens (including phenoxy) is 1. The number of carbonyl (C=O) groups is 3. The summed E-state index contributed by atoms with van der Waals surface area (Å²) in [6.45, 7) is 0.548. The van der Waals surface area contributed by atoms with E-state index in [-0.39, 0.29) is 30.7 Å². The number of nitrogens with zero attached hydrogens (tertiary/aromatic N) is 1. The summed E-state index contributed by atoms with van der Waals surface area (Å²) in [7, 11) is 0. The second-order valence-corrected chi connectivity index (χ2v) is 9.39. The van der Waals surface area contributed by atoms with Gasteiger partial charge in [-0.05, 0) is 48.0 Å². The van der Waals surface area contributed by atoms with E-state index in [0.29, 0.717) is 35.2 Å². The predicted octanol–water partition coefficient (Wildman–Crippen LogP) is 4.79. The summed E-state index contributed by atoms with van der Waals surface area (Å²) in [6, 6.07) is 21.6. The molecule has 9 heteroatoms. The number of carbonyl (C=O) groups excluding carboxylic acids is 3. The Morgan fingerprint density at radius 2 is 1.80 bits per heavy atom. The Morgan fingerprint density at radius 3 is 2.51 bits per heavy atom. The highest BCUT2D eigenvalue weighted by atomic mass is 79.9. The summed E-state index contributed by atoms with van der Waals surface area (Å²) in [6.07, 6.45) is 0.164. The summed E-state index contributed by atoms with van der Waals surface area (Å²) in [5.74, 6) is -0.519. The molecule has 7 nitrogen and oxygen atoms in total. The predicted molar refractivity (Wildman–Crippen MR) is 138 cm³/mol. The maximum atomic E-state index is 12.6. The van der Waals surface area contributed by atoms with Gasteiger partial charge in [-0.15, -0.1) is 0 Å². The van der Waals surface area contributed by atoms with Gasteiger partial charge >= 0.3 is 0 Å². The molecular weight excluding hydrogens is 534 g/mol. The number of anilines is 2. The lowest BCUT2D eigenvalue weighted by Crippen LogP contribution is -2.32. The van der Waals surface area contributed by atoms with E-state index in [1.54, 1.807) is 47.4 Å². The van der Waals surface area contributed by atoms with E-state index < -0.39 is 5.92 Å². The van der Waals surface area contributed by atoms with E-state index in [1.165, 1.54) is 0 Å². The van der Waals surface area contributed by atoms with Gasteiger partial charge in [-0.3, -0.25) is 14.4 Å². The minimum atomic E-state index is -0.406. The molecule has 1 fully saturated rings. The van der Waals surface area contributed by atoms with Crippen LogP contribution < -0.4 is 20.3 Å². The highest BCUT2D eigenvalue weighted by Crippen LogP contribution is 2.28. The SMILES string of the molecule is O=C(COc1ccc(N2C[C@@H](C(=O)NCc3ccccc3)CC2=O)cc1)Nc1ccc(Br)cc1Cl. The van der Waals surface area contributed by atoms with Crippen molar-refractivity contribution >= 4 is 56.6 Å². The van der Waals surface area contributed by atoms with E-state index >= 15 is 0 Å². The van der Waals surface area contributed by atoms with Gasteiger partial charge in [-0.2, -0.15) is 0 Å². The first-order chi connectivity index (χ1) is 16.9. The Kier molecular flexibility index (Phi) is 8.05. The fraction of sp³-hybridized carbons (Fsp3) is 0.192. The molecule has 0 aromatic heterocycles. The first-order valence-corrected chi connectivity index (χ1v) is 12.2. The van der Waals surface area contributed by atoms with Crippen molar-refractivity contribution in [2.75, 3.05) is 23.4 Å². The Labute approximate surface area is 216 Å². The van der Waals surface area contributed by atoms with Gasteiger partial charge < -0.3 is 20.3 Å². The lowest BCUT2D eigenvalue weighted by Gasteiger charge is -2.17. The monoisotopic (exact) mass is 555 g/mol. The van der Waals surface area contributed by atoms with Crippen molar-refractivity contribution in [3.05, 3.63) is 87.9 Å². The maximum absolute atomic E-state index is 12.6. The Hall–Kier alpha value is -3.36. The van der Waals surface area contributed by atoms with Crippen LogP contribution >= 0.6 is 27.5 Å².